The minimum Gasteiger partial charge on any atom is -0.493 e. The number of piperidine rings is 1. The smallest absolute Gasteiger partial charge is 0.228 e. The first-order valence-corrected chi connectivity index (χ1v) is 11.5. The number of hydrogen-bond acceptors (Lipinski definition) is 6. The second kappa shape index (κ2) is 8.20. The number of aryl methyl sites for hydroxylation is 1. The minimum absolute atomic E-state index is 0.0249. The summed E-state index contributed by atoms with van der Waals surface area (Å²) in [4.78, 5) is 26.3. The predicted molar refractivity (Wildman–Crippen MR) is 124 cm³/mol. The first-order chi connectivity index (χ1) is 15.5. The van der Waals surface area contributed by atoms with E-state index in [1.165, 1.54) is 17.3 Å². The molecule has 0 bridgehead atoms. The number of benzene rings is 1. The number of nitrogens with zero attached hydrogens (tertiary/aromatic N) is 4. The van der Waals surface area contributed by atoms with Crippen molar-refractivity contribution in [3.05, 3.63) is 53.1 Å². The molecular formula is C25H31N5O2. The highest BCUT2D eigenvalue weighted by Crippen LogP contribution is 2.44. The molecule has 3 aliphatic rings. The molecule has 1 spiro atoms. The van der Waals surface area contributed by atoms with Crippen LogP contribution in [-0.2, 0) is 11.2 Å². The van der Waals surface area contributed by atoms with E-state index >= 15 is 0 Å². The van der Waals surface area contributed by atoms with Crippen LogP contribution in [0, 0.1) is 12.3 Å². The summed E-state index contributed by atoms with van der Waals surface area (Å²) in [5, 5.41) is 0. The van der Waals surface area contributed by atoms with Gasteiger partial charge >= 0.3 is 0 Å². The number of aromatic nitrogens is 2. The van der Waals surface area contributed by atoms with E-state index in [0.29, 0.717) is 24.1 Å². The van der Waals surface area contributed by atoms with Crippen LogP contribution >= 0.6 is 0 Å². The summed E-state index contributed by atoms with van der Waals surface area (Å²) in [6.45, 7) is 7.69. The van der Waals surface area contributed by atoms with Crippen molar-refractivity contribution in [3.63, 3.8) is 0 Å². The number of rotatable bonds is 4. The largest absolute Gasteiger partial charge is 0.493 e. The Morgan fingerprint density at radius 1 is 1.22 bits per heavy atom. The molecule has 2 saturated heterocycles. The quantitative estimate of drug-likeness (QED) is 0.797. The molecule has 1 amide bonds. The van der Waals surface area contributed by atoms with Crippen LogP contribution in [0.4, 0.5) is 5.82 Å². The van der Waals surface area contributed by atoms with Gasteiger partial charge in [0.2, 0.25) is 5.91 Å². The Kier molecular flexibility index (Phi) is 5.37. The Balaban J connectivity index is 1.27. The lowest BCUT2D eigenvalue weighted by Gasteiger charge is -2.41. The van der Waals surface area contributed by atoms with Crippen molar-refractivity contribution in [3.8, 4) is 5.75 Å². The van der Waals surface area contributed by atoms with E-state index in [1.807, 2.05) is 17.9 Å². The number of likely N-dealkylation sites (tertiary alicyclic amines) is 1. The first kappa shape index (κ1) is 20.9. The molecule has 3 aliphatic heterocycles. The molecule has 4 heterocycles. The van der Waals surface area contributed by atoms with Crippen molar-refractivity contribution >= 4 is 17.8 Å². The van der Waals surface area contributed by atoms with Crippen molar-refractivity contribution in [1.29, 1.82) is 0 Å². The summed E-state index contributed by atoms with van der Waals surface area (Å²) in [5.74, 6) is 2.42. The summed E-state index contributed by atoms with van der Waals surface area (Å²) in [7, 11) is 0. The SMILES string of the molecule is Cc1cc(N2CC3(CCN([C@@H](C)c4ccc5c(c4)OCC5)CC3)CC2=O)nc(/C=C\N)n1. The normalized spacial score (nSPS) is 21.3. The van der Waals surface area contributed by atoms with Gasteiger partial charge in [-0.25, -0.2) is 9.97 Å². The highest BCUT2D eigenvalue weighted by atomic mass is 16.5. The lowest BCUT2D eigenvalue weighted by molar-refractivity contribution is -0.118. The molecule has 1 aromatic carbocycles. The molecule has 1 aromatic heterocycles. The molecule has 0 saturated carbocycles. The van der Waals surface area contributed by atoms with Crippen LogP contribution in [0.3, 0.4) is 0 Å². The standard InChI is InChI=1S/C25H31N5O2/c1-17-13-23(28-22(27-17)5-9-26)30-16-25(15-24(30)31)7-10-29(11-8-25)18(2)20-4-3-19-6-12-32-21(19)14-20/h3-5,9,13-14,18H,6-8,10-12,15-16,26H2,1-2H3/b9-5-/t18-/m0/s1. The lowest BCUT2D eigenvalue weighted by Crippen LogP contribution is -2.42. The topological polar surface area (TPSA) is 84.6 Å². The van der Waals surface area contributed by atoms with Gasteiger partial charge in [-0.1, -0.05) is 12.1 Å². The number of carbonyl (C=O) groups is 1. The third-order valence-corrected chi connectivity index (χ3v) is 7.31. The summed E-state index contributed by atoms with van der Waals surface area (Å²) in [6, 6.07) is 8.89. The predicted octanol–water partition coefficient (Wildman–Crippen LogP) is 3.23. The van der Waals surface area contributed by atoms with Gasteiger partial charge in [0.25, 0.3) is 0 Å². The average molecular weight is 434 g/mol. The Hall–Kier alpha value is -2.93. The van der Waals surface area contributed by atoms with E-state index in [-0.39, 0.29) is 11.3 Å². The number of nitrogens with two attached hydrogens (primary N) is 1. The van der Waals surface area contributed by atoms with Gasteiger partial charge in [0.05, 0.1) is 6.61 Å². The van der Waals surface area contributed by atoms with Gasteiger partial charge in [-0.15, -0.1) is 0 Å². The maximum atomic E-state index is 13.0. The third kappa shape index (κ3) is 3.86. The Morgan fingerprint density at radius 2 is 2.03 bits per heavy atom. The molecule has 0 radical (unpaired) electrons. The van der Waals surface area contributed by atoms with E-state index in [4.69, 9.17) is 10.5 Å². The van der Waals surface area contributed by atoms with Crippen LogP contribution in [0.5, 0.6) is 5.75 Å². The Labute approximate surface area is 189 Å². The summed E-state index contributed by atoms with van der Waals surface area (Å²) in [6.07, 6.45) is 6.72. The minimum atomic E-state index is 0.0249. The van der Waals surface area contributed by atoms with Crippen LogP contribution in [0.1, 0.15) is 54.9 Å². The van der Waals surface area contributed by atoms with Crippen LogP contribution in [0.25, 0.3) is 6.08 Å². The Morgan fingerprint density at radius 3 is 2.81 bits per heavy atom. The molecule has 1 atom stereocenters. The van der Waals surface area contributed by atoms with Crippen molar-refractivity contribution in [2.75, 3.05) is 31.1 Å². The van der Waals surface area contributed by atoms with E-state index < -0.39 is 0 Å². The third-order valence-electron chi connectivity index (χ3n) is 7.31. The maximum Gasteiger partial charge on any atom is 0.228 e. The van der Waals surface area contributed by atoms with Gasteiger partial charge in [0.1, 0.15) is 11.6 Å². The van der Waals surface area contributed by atoms with Crippen molar-refractivity contribution in [2.45, 2.75) is 45.6 Å². The van der Waals surface area contributed by atoms with Gasteiger partial charge in [-0.3, -0.25) is 14.6 Å². The van der Waals surface area contributed by atoms with E-state index in [9.17, 15) is 4.79 Å². The molecule has 0 unspecified atom stereocenters. The van der Waals surface area contributed by atoms with Crippen LogP contribution in [0.2, 0.25) is 0 Å². The molecule has 2 aromatic rings. The van der Waals surface area contributed by atoms with Crippen molar-refractivity contribution < 1.29 is 9.53 Å². The fourth-order valence-electron chi connectivity index (χ4n) is 5.35. The maximum absolute atomic E-state index is 13.0. The van der Waals surface area contributed by atoms with Gasteiger partial charge in [0.15, 0.2) is 5.82 Å². The number of carbonyl (C=O) groups excluding carboxylic acids is 1. The van der Waals surface area contributed by atoms with E-state index in [2.05, 4.69) is 40.0 Å². The summed E-state index contributed by atoms with van der Waals surface area (Å²) in [5.41, 5.74) is 8.98. The molecule has 5 rings (SSSR count). The fourth-order valence-corrected chi connectivity index (χ4v) is 5.35. The number of hydrogen-bond donors (Lipinski definition) is 1. The number of amides is 1. The molecule has 7 heteroatoms. The molecule has 2 fully saturated rings. The van der Waals surface area contributed by atoms with Crippen LogP contribution < -0.4 is 15.4 Å². The first-order valence-electron chi connectivity index (χ1n) is 11.5. The van der Waals surface area contributed by atoms with Crippen molar-refractivity contribution in [2.24, 2.45) is 11.1 Å². The van der Waals surface area contributed by atoms with Crippen molar-refractivity contribution in [1.82, 2.24) is 14.9 Å². The number of fused-ring (bicyclic) bond motifs is 1. The molecule has 0 aliphatic carbocycles. The monoisotopic (exact) mass is 433 g/mol. The summed E-state index contributed by atoms with van der Waals surface area (Å²) < 4.78 is 5.77. The van der Waals surface area contributed by atoms with E-state index in [1.54, 1.807) is 6.08 Å². The second-order valence-corrected chi connectivity index (χ2v) is 9.42. The zero-order valence-electron chi connectivity index (χ0n) is 18.9. The van der Waals surface area contributed by atoms with Gasteiger partial charge in [-0.2, -0.15) is 0 Å². The van der Waals surface area contributed by atoms with E-state index in [0.717, 1.165) is 56.9 Å². The van der Waals surface area contributed by atoms with Gasteiger partial charge in [0, 0.05) is 37.2 Å². The summed E-state index contributed by atoms with van der Waals surface area (Å²) >= 11 is 0. The number of anilines is 1. The molecular weight excluding hydrogens is 402 g/mol. The van der Waals surface area contributed by atoms with Crippen LogP contribution in [0.15, 0.2) is 30.5 Å². The Bertz CT molecular complexity index is 1060. The second-order valence-electron chi connectivity index (χ2n) is 9.42. The zero-order chi connectivity index (χ0) is 22.3. The average Bonchev–Trinajstić information content (AvgIpc) is 3.37. The van der Waals surface area contributed by atoms with Gasteiger partial charge < -0.3 is 10.5 Å². The zero-order valence-corrected chi connectivity index (χ0v) is 18.9. The highest BCUT2D eigenvalue weighted by molar-refractivity contribution is 5.95. The number of ether oxygens (including phenoxy) is 1. The van der Waals surface area contributed by atoms with Gasteiger partial charge in [-0.05, 0) is 74.7 Å². The molecule has 168 valence electrons. The highest BCUT2D eigenvalue weighted by Gasteiger charge is 2.46. The molecule has 32 heavy (non-hydrogen) atoms. The molecule has 7 nitrogen and oxygen atoms in total. The van der Waals surface area contributed by atoms with Crippen LogP contribution in [-0.4, -0.2) is 47.0 Å². The molecule has 2 N–H and O–H groups in total. The lowest BCUT2D eigenvalue weighted by atomic mass is 9.77. The fraction of sp³-hybridized carbons (Fsp3) is 0.480.